The van der Waals surface area contributed by atoms with Crippen LogP contribution >= 0.6 is 22.6 Å². The molecule has 0 saturated heterocycles. The van der Waals surface area contributed by atoms with E-state index < -0.39 is 23.7 Å². The van der Waals surface area contributed by atoms with E-state index in [2.05, 4.69) is 5.32 Å². The fraction of sp³-hybridized carbons (Fsp3) is 0.273. The second kappa shape index (κ2) is 5.85. The molecule has 0 fully saturated rings. The Morgan fingerprint density at radius 2 is 1.70 bits per heavy atom. The first-order chi connectivity index (χ1) is 9.06. The van der Waals surface area contributed by atoms with E-state index in [0.29, 0.717) is 6.92 Å². The SMILES string of the molecule is CC(NC(=O)Nc1ccc(I)cc1)(C(=O)O)C(F)(F)F. The minimum absolute atomic E-state index is 0.248. The number of hydrogen-bond donors (Lipinski definition) is 3. The molecule has 1 aromatic rings. The standard InChI is InChI=1S/C11H10F3IN2O3/c1-10(8(18)19,11(12,13)14)17-9(20)16-7-4-2-6(15)3-5-7/h2-5H,1H3,(H,18,19)(H2,16,17,20). The number of urea groups is 1. The maximum Gasteiger partial charge on any atom is 0.422 e. The lowest BCUT2D eigenvalue weighted by Gasteiger charge is -2.28. The third-order valence-electron chi connectivity index (χ3n) is 2.46. The van der Waals surface area contributed by atoms with Crippen molar-refractivity contribution in [3.63, 3.8) is 0 Å². The number of alkyl halides is 3. The van der Waals surface area contributed by atoms with Crippen LogP contribution in [0.25, 0.3) is 0 Å². The smallest absolute Gasteiger partial charge is 0.422 e. The molecule has 0 aliphatic carbocycles. The normalized spacial score (nSPS) is 14.2. The molecule has 20 heavy (non-hydrogen) atoms. The number of amides is 2. The van der Waals surface area contributed by atoms with E-state index in [1.807, 2.05) is 22.6 Å². The second-order valence-electron chi connectivity index (χ2n) is 4.01. The highest BCUT2D eigenvalue weighted by Gasteiger charge is 2.58. The minimum Gasteiger partial charge on any atom is -0.479 e. The van der Waals surface area contributed by atoms with Crippen LogP contribution in [0.3, 0.4) is 0 Å². The zero-order valence-electron chi connectivity index (χ0n) is 10.1. The maximum atomic E-state index is 12.7. The molecule has 5 nitrogen and oxygen atoms in total. The first-order valence-corrected chi connectivity index (χ1v) is 6.29. The summed E-state index contributed by atoms with van der Waals surface area (Å²) in [6.45, 7) is 0.378. The monoisotopic (exact) mass is 402 g/mol. The van der Waals surface area contributed by atoms with Crippen LogP contribution in [-0.2, 0) is 4.79 Å². The molecular formula is C11H10F3IN2O3. The summed E-state index contributed by atoms with van der Waals surface area (Å²) in [4.78, 5) is 22.2. The van der Waals surface area contributed by atoms with Gasteiger partial charge in [-0.3, -0.25) is 0 Å². The summed E-state index contributed by atoms with van der Waals surface area (Å²) in [5, 5.41) is 12.2. The highest BCUT2D eigenvalue weighted by atomic mass is 127. The summed E-state index contributed by atoms with van der Waals surface area (Å²) in [7, 11) is 0. The van der Waals surface area contributed by atoms with Crippen molar-refractivity contribution in [2.45, 2.75) is 18.6 Å². The molecule has 0 aromatic heterocycles. The Morgan fingerprint density at radius 3 is 2.10 bits per heavy atom. The lowest BCUT2D eigenvalue weighted by Crippen LogP contribution is -2.62. The van der Waals surface area contributed by atoms with Gasteiger partial charge in [0.05, 0.1) is 0 Å². The van der Waals surface area contributed by atoms with E-state index >= 15 is 0 Å². The lowest BCUT2D eigenvalue weighted by atomic mass is 10.0. The maximum absolute atomic E-state index is 12.7. The van der Waals surface area contributed by atoms with Crippen LogP contribution < -0.4 is 10.6 Å². The van der Waals surface area contributed by atoms with Gasteiger partial charge in [0, 0.05) is 9.26 Å². The number of benzene rings is 1. The van der Waals surface area contributed by atoms with Crippen molar-refractivity contribution in [1.29, 1.82) is 0 Å². The van der Waals surface area contributed by atoms with Crippen LogP contribution in [-0.4, -0.2) is 28.8 Å². The number of rotatable bonds is 3. The Kier molecular flexibility index (Phi) is 4.84. The number of halogens is 4. The summed E-state index contributed by atoms with van der Waals surface area (Å²) in [5.74, 6) is -2.19. The van der Waals surface area contributed by atoms with Gasteiger partial charge in [-0.15, -0.1) is 0 Å². The summed E-state index contributed by atoms with van der Waals surface area (Å²) in [5.41, 5.74) is -3.11. The van der Waals surface area contributed by atoms with Crippen molar-refractivity contribution in [2.24, 2.45) is 0 Å². The van der Waals surface area contributed by atoms with Crippen LogP contribution in [0.2, 0.25) is 0 Å². The summed E-state index contributed by atoms with van der Waals surface area (Å²) < 4.78 is 38.9. The van der Waals surface area contributed by atoms with Gasteiger partial charge >= 0.3 is 18.2 Å². The average molecular weight is 402 g/mol. The molecule has 0 saturated carbocycles. The Morgan fingerprint density at radius 1 is 1.20 bits per heavy atom. The first-order valence-electron chi connectivity index (χ1n) is 5.21. The molecule has 0 heterocycles. The van der Waals surface area contributed by atoms with Crippen molar-refractivity contribution in [1.82, 2.24) is 5.32 Å². The van der Waals surface area contributed by atoms with Crippen LogP contribution in [0.1, 0.15) is 6.92 Å². The van der Waals surface area contributed by atoms with Crippen molar-refractivity contribution in [3.05, 3.63) is 27.8 Å². The fourth-order valence-electron chi connectivity index (χ4n) is 1.17. The molecule has 1 atom stereocenters. The van der Waals surface area contributed by atoms with Gasteiger partial charge in [0.1, 0.15) is 0 Å². The van der Waals surface area contributed by atoms with Crippen LogP contribution in [0.4, 0.5) is 23.7 Å². The van der Waals surface area contributed by atoms with Crippen molar-refractivity contribution in [2.75, 3.05) is 5.32 Å². The van der Waals surface area contributed by atoms with Crippen molar-refractivity contribution >= 4 is 40.3 Å². The first kappa shape index (κ1) is 16.5. The lowest BCUT2D eigenvalue weighted by molar-refractivity contribution is -0.203. The zero-order valence-corrected chi connectivity index (χ0v) is 12.2. The van der Waals surface area contributed by atoms with Gasteiger partial charge in [0.2, 0.25) is 5.54 Å². The molecule has 3 N–H and O–H groups in total. The van der Waals surface area contributed by atoms with Gasteiger partial charge in [-0.25, -0.2) is 9.59 Å². The quantitative estimate of drug-likeness (QED) is 0.681. The predicted octanol–water partition coefficient (Wildman–Crippen LogP) is 2.82. The second-order valence-corrected chi connectivity index (χ2v) is 5.26. The predicted molar refractivity (Wildman–Crippen MR) is 73.4 cm³/mol. The van der Waals surface area contributed by atoms with E-state index in [4.69, 9.17) is 5.11 Å². The van der Waals surface area contributed by atoms with Gasteiger partial charge in [0.25, 0.3) is 0 Å². The molecule has 0 aliphatic heterocycles. The Bertz CT molecular complexity index is 519. The van der Waals surface area contributed by atoms with Crippen molar-refractivity contribution in [3.8, 4) is 0 Å². The zero-order chi connectivity index (χ0) is 15.6. The molecule has 1 unspecified atom stereocenters. The molecule has 1 aromatic carbocycles. The van der Waals surface area contributed by atoms with Gasteiger partial charge in [-0.05, 0) is 53.8 Å². The molecule has 0 spiro atoms. The Balaban J connectivity index is 2.83. The van der Waals surface area contributed by atoms with Gasteiger partial charge in [-0.1, -0.05) is 0 Å². The number of hydrogen-bond acceptors (Lipinski definition) is 2. The van der Waals surface area contributed by atoms with E-state index in [1.165, 1.54) is 17.4 Å². The third kappa shape index (κ3) is 3.74. The number of carbonyl (C=O) groups is 2. The number of carboxylic acid groups (broad SMARTS) is 1. The highest BCUT2D eigenvalue weighted by molar-refractivity contribution is 14.1. The van der Waals surface area contributed by atoms with E-state index in [1.54, 1.807) is 12.1 Å². The Labute approximate surface area is 125 Å². The summed E-state index contributed by atoms with van der Waals surface area (Å²) in [6, 6.07) is 4.97. The number of carboxylic acids is 1. The number of anilines is 1. The molecule has 2 amide bonds. The molecule has 110 valence electrons. The average Bonchev–Trinajstić information content (AvgIpc) is 2.30. The van der Waals surface area contributed by atoms with Crippen molar-refractivity contribution < 1.29 is 27.9 Å². The minimum atomic E-state index is -5.12. The van der Waals surface area contributed by atoms with Crippen LogP contribution in [0.15, 0.2) is 24.3 Å². The summed E-state index contributed by atoms with van der Waals surface area (Å²) >= 11 is 2.02. The molecule has 1 rings (SSSR count). The van der Waals surface area contributed by atoms with Gasteiger partial charge < -0.3 is 15.7 Å². The fourth-order valence-corrected chi connectivity index (χ4v) is 1.53. The number of carbonyl (C=O) groups excluding carboxylic acids is 1. The molecule has 0 radical (unpaired) electrons. The molecule has 0 bridgehead atoms. The molecule has 9 heteroatoms. The topological polar surface area (TPSA) is 78.4 Å². The Hall–Kier alpha value is -1.52. The third-order valence-corrected chi connectivity index (χ3v) is 3.18. The van der Waals surface area contributed by atoms with Gasteiger partial charge in [-0.2, -0.15) is 13.2 Å². The van der Waals surface area contributed by atoms with E-state index in [0.717, 1.165) is 3.57 Å². The number of nitrogens with one attached hydrogen (secondary N) is 2. The largest absolute Gasteiger partial charge is 0.479 e. The van der Waals surface area contributed by atoms with Crippen LogP contribution in [0, 0.1) is 3.57 Å². The molecule has 0 aliphatic rings. The summed E-state index contributed by atoms with van der Waals surface area (Å²) in [6.07, 6.45) is -5.12. The molecular weight excluding hydrogens is 392 g/mol. The highest BCUT2D eigenvalue weighted by Crippen LogP contribution is 2.30. The van der Waals surface area contributed by atoms with Gasteiger partial charge in [0.15, 0.2) is 0 Å². The van der Waals surface area contributed by atoms with Crippen LogP contribution in [0.5, 0.6) is 0 Å². The van der Waals surface area contributed by atoms with E-state index in [9.17, 15) is 22.8 Å². The number of aliphatic carboxylic acids is 1. The van der Waals surface area contributed by atoms with E-state index in [-0.39, 0.29) is 5.69 Å².